The molecule has 0 saturated carbocycles. The van der Waals surface area contributed by atoms with Crippen molar-refractivity contribution in [3.63, 3.8) is 0 Å². The molecule has 0 aliphatic carbocycles. The molecular weight excluding hydrogens is 373 g/mol. The maximum absolute atomic E-state index is 12.2. The van der Waals surface area contributed by atoms with Gasteiger partial charge in [0.25, 0.3) is 0 Å². The van der Waals surface area contributed by atoms with Crippen molar-refractivity contribution in [2.24, 2.45) is 0 Å². The summed E-state index contributed by atoms with van der Waals surface area (Å²) in [6, 6.07) is 16.6. The van der Waals surface area contributed by atoms with Gasteiger partial charge < -0.3 is 9.84 Å². The van der Waals surface area contributed by atoms with Gasteiger partial charge in [0.2, 0.25) is 5.91 Å². The molecule has 0 bridgehead atoms. The van der Waals surface area contributed by atoms with Crippen LogP contribution >= 0.6 is 23.2 Å². The molecule has 3 rings (SSSR count). The zero-order chi connectivity index (χ0) is 18.5. The summed E-state index contributed by atoms with van der Waals surface area (Å²) in [4.78, 5) is 14.0. The van der Waals surface area contributed by atoms with Crippen molar-refractivity contribution in [2.75, 3.05) is 18.9 Å². The van der Waals surface area contributed by atoms with Gasteiger partial charge in [-0.25, -0.2) is 0 Å². The van der Waals surface area contributed by atoms with Crippen molar-refractivity contribution in [3.8, 4) is 11.3 Å². The number of halogens is 2. The lowest BCUT2D eigenvalue weighted by Gasteiger charge is -2.14. The molecule has 0 unspecified atom stereocenters. The van der Waals surface area contributed by atoms with E-state index < -0.39 is 0 Å². The second kappa shape index (κ2) is 8.36. The first-order valence-electron chi connectivity index (χ1n) is 7.96. The molecule has 0 atom stereocenters. The van der Waals surface area contributed by atoms with E-state index in [-0.39, 0.29) is 12.5 Å². The Bertz CT molecular complexity index is 897. The topological polar surface area (TPSA) is 58.4 Å². The number of carbonyl (C=O) groups excluding carboxylic acids is 1. The highest BCUT2D eigenvalue weighted by Crippen LogP contribution is 2.25. The zero-order valence-electron chi connectivity index (χ0n) is 14.1. The SMILES string of the molecule is CN(CC(=O)Nc1ccc(Cl)c(Cl)c1)Cc1cc(-c2ccccc2)on1. The molecular formula is C19H17Cl2N3O2. The van der Waals surface area contributed by atoms with E-state index in [0.29, 0.717) is 28.0 Å². The summed E-state index contributed by atoms with van der Waals surface area (Å²) in [6.45, 7) is 0.693. The van der Waals surface area contributed by atoms with Gasteiger partial charge in [-0.1, -0.05) is 58.7 Å². The third kappa shape index (κ3) is 4.85. The highest BCUT2D eigenvalue weighted by Gasteiger charge is 2.12. The molecule has 0 spiro atoms. The largest absolute Gasteiger partial charge is 0.356 e. The molecule has 2 aromatic carbocycles. The third-order valence-electron chi connectivity index (χ3n) is 3.67. The molecule has 3 aromatic rings. The predicted molar refractivity (Wildman–Crippen MR) is 103 cm³/mol. The molecule has 0 fully saturated rings. The zero-order valence-corrected chi connectivity index (χ0v) is 15.6. The van der Waals surface area contributed by atoms with Crippen molar-refractivity contribution in [1.29, 1.82) is 0 Å². The number of benzene rings is 2. The van der Waals surface area contributed by atoms with Gasteiger partial charge in [0, 0.05) is 23.9 Å². The molecule has 1 aromatic heterocycles. The van der Waals surface area contributed by atoms with E-state index in [1.807, 2.05) is 48.3 Å². The van der Waals surface area contributed by atoms with Gasteiger partial charge in [-0.15, -0.1) is 0 Å². The summed E-state index contributed by atoms with van der Waals surface area (Å²) in [6.07, 6.45) is 0. The number of amides is 1. The Kier molecular flexibility index (Phi) is 5.93. The number of nitrogens with zero attached hydrogens (tertiary/aromatic N) is 2. The number of rotatable bonds is 6. The number of nitrogens with one attached hydrogen (secondary N) is 1. The van der Waals surface area contributed by atoms with Gasteiger partial charge in [0.05, 0.1) is 22.3 Å². The molecule has 0 saturated heterocycles. The summed E-state index contributed by atoms with van der Waals surface area (Å²) in [5, 5.41) is 7.70. The summed E-state index contributed by atoms with van der Waals surface area (Å²) >= 11 is 11.8. The molecule has 1 amide bonds. The minimum Gasteiger partial charge on any atom is -0.356 e. The summed E-state index contributed by atoms with van der Waals surface area (Å²) in [5.41, 5.74) is 2.32. The van der Waals surface area contributed by atoms with Crippen LogP contribution in [0.2, 0.25) is 10.0 Å². The number of hydrogen-bond acceptors (Lipinski definition) is 4. The van der Waals surface area contributed by atoms with Gasteiger partial charge in [-0.05, 0) is 25.2 Å². The van der Waals surface area contributed by atoms with Crippen molar-refractivity contribution in [1.82, 2.24) is 10.1 Å². The smallest absolute Gasteiger partial charge is 0.238 e. The van der Waals surface area contributed by atoms with E-state index in [9.17, 15) is 4.79 Å². The van der Waals surface area contributed by atoms with Crippen LogP contribution in [0.4, 0.5) is 5.69 Å². The average molecular weight is 390 g/mol. The van der Waals surface area contributed by atoms with Crippen LogP contribution in [0.25, 0.3) is 11.3 Å². The van der Waals surface area contributed by atoms with Gasteiger partial charge in [-0.3, -0.25) is 9.69 Å². The number of aromatic nitrogens is 1. The van der Waals surface area contributed by atoms with Crippen LogP contribution in [0.15, 0.2) is 59.1 Å². The Balaban J connectivity index is 1.55. The van der Waals surface area contributed by atoms with E-state index in [1.54, 1.807) is 18.2 Å². The molecule has 1 heterocycles. The third-order valence-corrected chi connectivity index (χ3v) is 4.41. The van der Waals surface area contributed by atoms with Crippen LogP contribution in [0.3, 0.4) is 0 Å². The lowest BCUT2D eigenvalue weighted by molar-refractivity contribution is -0.117. The maximum atomic E-state index is 12.2. The van der Waals surface area contributed by atoms with Crippen LogP contribution in [0.5, 0.6) is 0 Å². The first-order chi connectivity index (χ1) is 12.5. The quantitative estimate of drug-likeness (QED) is 0.662. The lowest BCUT2D eigenvalue weighted by Crippen LogP contribution is -2.29. The van der Waals surface area contributed by atoms with Crippen LogP contribution in [-0.4, -0.2) is 29.6 Å². The Morgan fingerprint density at radius 1 is 1.12 bits per heavy atom. The van der Waals surface area contributed by atoms with Crippen LogP contribution in [0.1, 0.15) is 5.69 Å². The molecule has 7 heteroatoms. The highest BCUT2D eigenvalue weighted by molar-refractivity contribution is 6.42. The molecule has 5 nitrogen and oxygen atoms in total. The number of anilines is 1. The second-order valence-corrected chi connectivity index (χ2v) is 6.71. The van der Waals surface area contributed by atoms with E-state index in [2.05, 4.69) is 10.5 Å². The minimum absolute atomic E-state index is 0.155. The Morgan fingerprint density at radius 3 is 2.62 bits per heavy atom. The van der Waals surface area contributed by atoms with E-state index in [0.717, 1.165) is 11.3 Å². The van der Waals surface area contributed by atoms with Crippen LogP contribution in [0, 0.1) is 0 Å². The maximum Gasteiger partial charge on any atom is 0.238 e. The molecule has 0 aliphatic rings. The first-order valence-corrected chi connectivity index (χ1v) is 8.71. The minimum atomic E-state index is -0.155. The van der Waals surface area contributed by atoms with Crippen LogP contribution < -0.4 is 5.32 Å². The van der Waals surface area contributed by atoms with E-state index in [4.69, 9.17) is 27.7 Å². The van der Waals surface area contributed by atoms with Crippen molar-refractivity contribution in [3.05, 3.63) is 70.3 Å². The molecule has 134 valence electrons. The first kappa shape index (κ1) is 18.5. The standard InChI is InChI=1S/C19H17Cl2N3O2/c1-24(12-19(25)22-14-7-8-16(20)17(21)9-14)11-15-10-18(26-23-15)13-5-3-2-4-6-13/h2-10H,11-12H2,1H3,(H,22,25). The number of hydrogen-bond donors (Lipinski definition) is 1. The van der Waals surface area contributed by atoms with Crippen molar-refractivity contribution in [2.45, 2.75) is 6.54 Å². The van der Waals surface area contributed by atoms with Crippen LogP contribution in [-0.2, 0) is 11.3 Å². The van der Waals surface area contributed by atoms with E-state index >= 15 is 0 Å². The summed E-state index contributed by atoms with van der Waals surface area (Å²) < 4.78 is 5.37. The molecule has 26 heavy (non-hydrogen) atoms. The molecule has 0 radical (unpaired) electrons. The van der Waals surface area contributed by atoms with Gasteiger partial charge in [-0.2, -0.15) is 0 Å². The number of likely N-dealkylation sites (N-methyl/N-ethyl adjacent to an activating group) is 1. The van der Waals surface area contributed by atoms with Gasteiger partial charge in [0.1, 0.15) is 0 Å². The highest BCUT2D eigenvalue weighted by atomic mass is 35.5. The normalized spacial score (nSPS) is 10.9. The van der Waals surface area contributed by atoms with Crippen molar-refractivity contribution >= 4 is 34.8 Å². The fourth-order valence-corrected chi connectivity index (χ4v) is 2.77. The Morgan fingerprint density at radius 2 is 1.88 bits per heavy atom. The summed E-state index contributed by atoms with van der Waals surface area (Å²) in [7, 11) is 1.84. The average Bonchev–Trinajstić information content (AvgIpc) is 3.07. The van der Waals surface area contributed by atoms with Gasteiger partial charge in [0.15, 0.2) is 5.76 Å². The van der Waals surface area contributed by atoms with Gasteiger partial charge >= 0.3 is 0 Å². The number of carbonyl (C=O) groups is 1. The molecule has 1 N–H and O–H groups in total. The molecule has 0 aliphatic heterocycles. The summed E-state index contributed by atoms with van der Waals surface area (Å²) in [5.74, 6) is 0.548. The van der Waals surface area contributed by atoms with E-state index in [1.165, 1.54) is 0 Å². The van der Waals surface area contributed by atoms with Crippen molar-refractivity contribution < 1.29 is 9.32 Å². The fourth-order valence-electron chi connectivity index (χ4n) is 2.48. The predicted octanol–water partition coefficient (Wildman–Crippen LogP) is 4.72. The Hall–Kier alpha value is -2.34. The monoisotopic (exact) mass is 389 g/mol. The fraction of sp³-hybridized carbons (Fsp3) is 0.158. The second-order valence-electron chi connectivity index (χ2n) is 5.90. The Labute approximate surface area is 161 Å². The lowest BCUT2D eigenvalue weighted by atomic mass is 10.1.